The molecule has 1 unspecified atom stereocenters. The van der Waals surface area contributed by atoms with Gasteiger partial charge in [0.2, 0.25) is 5.91 Å². The van der Waals surface area contributed by atoms with Crippen molar-refractivity contribution in [2.75, 3.05) is 64.9 Å². The maximum Gasteiger partial charge on any atom is 0.243 e. The Morgan fingerprint density at radius 3 is 2.72 bits per heavy atom. The van der Waals surface area contributed by atoms with Gasteiger partial charge in [0, 0.05) is 58.5 Å². The van der Waals surface area contributed by atoms with E-state index in [2.05, 4.69) is 58.6 Å². The number of aryl methyl sites for hydroxylation is 1. The van der Waals surface area contributed by atoms with Gasteiger partial charge in [-0.2, -0.15) is 0 Å². The number of amides is 1. The van der Waals surface area contributed by atoms with Crippen LogP contribution in [-0.4, -0.2) is 76.8 Å². The number of rotatable bonds is 9. The van der Waals surface area contributed by atoms with E-state index in [0.717, 1.165) is 45.8 Å². The second-order valence-electron chi connectivity index (χ2n) is 7.41. The Labute approximate surface area is 192 Å². The first-order valence-electron chi connectivity index (χ1n) is 10.1. The van der Waals surface area contributed by atoms with Gasteiger partial charge >= 0.3 is 0 Å². The van der Waals surface area contributed by atoms with E-state index in [1.165, 1.54) is 11.3 Å². The van der Waals surface area contributed by atoms with Gasteiger partial charge in [-0.3, -0.25) is 4.79 Å². The minimum absolute atomic E-state index is 0. The zero-order valence-corrected chi connectivity index (χ0v) is 20.4. The van der Waals surface area contributed by atoms with Gasteiger partial charge in [0.1, 0.15) is 6.54 Å². The fourth-order valence-corrected chi connectivity index (χ4v) is 3.05. The smallest absolute Gasteiger partial charge is 0.243 e. The van der Waals surface area contributed by atoms with Crippen LogP contribution in [0.25, 0.3) is 0 Å². The Hall–Kier alpha value is -1.55. The Morgan fingerprint density at radius 2 is 2.10 bits per heavy atom. The van der Waals surface area contributed by atoms with Crippen molar-refractivity contribution in [2.24, 2.45) is 10.9 Å². The molecule has 2 N–H and O–H groups in total. The summed E-state index contributed by atoms with van der Waals surface area (Å²) >= 11 is 0. The number of benzene rings is 1. The van der Waals surface area contributed by atoms with Crippen LogP contribution in [0.15, 0.2) is 29.3 Å². The predicted molar refractivity (Wildman–Crippen MR) is 130 cm³/mol. The molecule has 1 heterocycles. The Balaban J connectivity index is 0.00000420. The largest absolute Gasteiger partial charge is 0.381 e. The molecule has 8 heteroatoms. The van der Waals surface area contributed by atoms with Crippen molar-refractivity contribution in [2.45, 2.75) is 20.3 Å². The Kier molecular flexibility index (Phi) is 12.0. The zero-order valence-electron chi connectivity index (χ0n) is 18.1. The number of nitrogens with one attached hydrogen (secondary N) is 2. The molecule has 1 aromatic rings. The van der Waals surface area contributed by atoms with Gasteiger partial charge in [-0.15, -0.1) is 24.0 Å². The Morgan fingerprint density at radius 1 is 1.31 bits per heavy atom. The summed E-state index contributed by atoms with van der Waals surface area (Å²) < 4.78 is 5.44. The number of nitrogens with zero attached hydrogens (tertiary/aromatic N) is 3. The normalized spacial score (nSPS) is 16.1. The van der Waals surface area contributed by atoms with Gasteiger partial charge in [-0.1, -0.05) is 12.1 Å². The highest BCUT2D eigenvalue weighted by Crippen LogP contribution is 2.15. The van der Waals surface area contributed by atoms with E-state index in [1.54, 1.807) is 19.0 Å². The quantitative estimate of drug-likeness (QED) is 0.299. The van der Waals surface area contributed by atoms with Gasteiger partial charge in [0.15, 0.2) is 5.96 Å². The number of ether oxygens (including phenoxy) is 1. The van der Waals surface area contributed by atoms with E-state index in [0.29, 0.717) is 11.9 Å². The summed E-state index contributed by atoms with van der Waals surface area (Å²) in [6.07, 6.45) is 1.06. The third kappa shape index (κ3) is 9.20. The van der Waals surface area contributed by atoms with Crippen LogP contribution in [-0.2, 0) is 9.53 Å². The Bertz CT molecular complexity index is 648. The molecule has 1 saturated heterocycles. The molecule has 0 spiro atoms. The van der Waals surface area contributed by atoms with Crippen LogP contribution in [0.2, 0.25) is 0 Å². The van der Waals surface area contributed by atoms with Gasteiger partial charge in [0.05, 0.1) is 6.61 Å². The fraction of sp³-hybridized carbons (Fsp3) is 0.619. The standard InChI is InChI=1S/C21H35N5O2.HI/c1-5-26(19-8-6-7-17(2)13-19)11-10-22-21(24-15-20(27)25(3)4)23-14-18-9-12-28-16-18;/h6-8,13,18H,5,9-12,14-16H2,1-4H3,(H2,22,23,24);1H. The number of anilines is 1. The van der Waals surface area contributed by atoms with Crippen LogP contribution >= 0.6 is 24.0 Å². The highest BCUT2D eigenvalue weighted by molar-refractivity contribution is 14.0. The van der Waals surface area contributed by atoms with Crippen LogP contribution in [0, 0.1) is 12.8 Å². The van der Waals surface area contributed by atoms with Crippen LogP contribution in [0.5, 0.6) is 0 Å². The summed E-state index contributed by atoms with van der Waals surface area (Å²) in [6, 6.07) is 8.54. The average Bonchev–Trinajstić information content (AvgIpc) is 3.20. The molecular formula is C21H36IN5O2. The van der Waals surface area contributed by atoms with Gasteiger partial charge in [-0.05, 0) is 38.0 Å². The lowest BCUT2D eigenvalue weighted by Gasteiger charge is -2.24. The van der Waals surface area contributed by atoms with E-state index in [-0.39, 0.29) is 36.4 Å². The lowest BCUT2D eigenvalue weighted by molar-refractivity contribution is -0.127. The zero-order chi connectivity index (χ0) is 20.4. The van der Waals surface area contributed by atoms with E-state index in [1.807, 2.05) is 0 Å². The van der Waals surface area contributed by atoms with Crippen molar-refractivity contribution in [1.29, 1.82) is 0 Å². The molecule has 1 aromatic carbocycles. The minimum atomic E-state index is -0.0137. The molecule has 29 heavy (non-hydrogen) atoms. The monoisotopic (exact) mass is 517 g/mol. The minimum Gasteiger partial charge on any atom is -0.381 e. The fourth-order valence-electron chi connectivity index (χ4n) is 3.05. The highest BCUT2D eigenvalue weighted by atomic mass is 127. The molecular weight excluding hydrogens is 481 g/mol. The number of guanidine groups is 1. The number of carbonyl (C=O) groups is 1. The molecule has 0 bridgehead atoms. The molecule has 164 valence electrons. The maximum atomic E-state index is 11.9. The van der Waals surface area contributed by atoms with Gasteiger partial charge < -0.3 is 25.2 Å². The van der Waals surface area contributed by atoms with Crippen molar-refractivity contribution in [1.82, 2.24) is 15.5 Å². The first kappa shape index (κ1) is 25.5. The first-order valence-corrected chi connectivity index (χ1v) is 10.1. The molecule has 0 aliphatic carbocycles. The molecule has 7 nitrogen and oxygen atoms in total. The number of hydrogen-bond acceptors (Lipinski definition) is 4. The summed E-state index contributed by atoms with van der Waals surface area (Å²) in [7, 11) is 3.49. The molecule has 0 saturated carbocycles. The molecule has 1 aliphatic rings. The summed E-state index contributed by atoms with van der Waals surface area (Å²) in [6.45, 7) is 9.35. The first-order chi connectivity index (χ1) is 13.5. The SMILES string of the molecule is CCN(CCNC(=NCC(=O)N(C)C)NCC1CCOC1)c1cccc(C)c1.I. The molecule has 1 amide bonds. The van der Waals surface area contributed by atoms with Crippen LogP contribution in [0.1, 0.15) is 18.9 Å². The highest BCUT2D eigenvalue weighted by Gasteiger charge is 2.16. The van der Waals surface area contributed by atoms with E-state index in [4.69, 9.17) is 4.74 Å². The number of aliphatic imine (C=N–C) groups is 1. The van der Waals surface area contributed by atoms with Crippen LogP contribution in [0.4, 0.5) is 5.69 Å². The third-order valence-electron chi connectivity index (χ3n) is 4.88. The lowest BCUT2D eigenvalue weighted by Crippen LogP contribution is -2.44. The predicted octanol–water partition coefficient (Wildman–Crippen LogP) is 2.10. The average molecular weight is 517 g/mol. The topological polar surface area (TPSA) is 69.2 Å². The summed E-state index contributed by atoms with van der Waals surface area (Å²) in [4.78, 5) is 20.2. The molecule has 1 atom stereocenters. The number of carbonyl (C=O) groups excluding carboxylic acids is 1. The van der Waals surface area contributed by atoms with E-state index < -0.39 is 0 Å². The second kappa shape index (κ2) is 13.6. The maximum absolute atomic E-state index is 11.9. The van der Waals surface area contributed by atoms with Crippen molar-refractivity contribution >= 4 is 41.5 Å². The van der Waals surface area contributed by atoms with Crippen LogP contribution in [0.3, 0.4) is 0 Å². The van der Waals surface area contributed by atoms with Crippen molar-refractivity contribution in [3.8, 4) is 0 Å². The molecule has 0 aromatic heterocycles. The molecule has 1 aliphatic heterocycles. The van der Waals surface area contributed by atoms with Gasteiger partial charge in [-0.25, -0.2) is 4.99 Å². The third-order valence-corrected chi connectivity index (χ3v) is 4.88. The van der Waals surface area contributed by atoms with E-state index >= 15 is 0 Å². The summed E-state index contributed by atoms with van der Waals surface area (Å²) in [5.74, 6) is 1.17. The van der Waals surface area contributed by atoms with E-state index in [9.17, 15) is 4.79 Å². The molecule has 0 radical (unpaired) electrons. The number of hydrogen-bond donors (Lipinski definition) is 2. The van der Waals surface area contributed by atoms with Crippen LogP contribution < -0.4 is 15.5 Å². The molecule has 1 fully saturated rings. The number of halogens is 1. The van der Waals surface area contributed by atoms with Crippen molar-refractivity contribution in [3.05, 3.63) is 29.8 Å². The second-order valence-corrected chi connectivity index (χ2v) is 7.41. The lowest BCUT2D eigenvalue weighted by atomic mass is 10.1. The van der Waals surface area contributed by atoms with Gasteiger partial charge in [0.25, 0.3) is 0 Å². The summed E-state index contributed by atoms with van der Waals surface area (Å²) in [5.41, 5.74) is 2.48. The molecule has 2 rings (SSSR count). The number of likely N-dealkylation sites (N-methyl/N-ethyl adjacent to an activating group) is 2. The van der Waals surface area contributed by atoms with Crippen molar-refractivity contribution in [3.63, 3.8) is 0 Å². The van der Waals surface area contributed by atoms with Crippen molar-refractivity contribution < 1.29 is 9.53 Å². The summed E-state index contributed by atoms with van der Waals surface area (Å²) in [5, 5.41) is 6.74.